The fraction of sp³-hybridized carbons (Fsp3) is 0.231. The van der Waals surface area contributed by atoms with Gasteiger partial charge in [0.05, 0.1) is 24.6 Å². The van der Waals surface area contributed by atoms with E-state index in [1.807, 2.05) is 60.7 Å². The predicted octanol–water partition coefficient (Wildman–Crippen LogP) is 4.60. The highest BCUT2D eigenvalue weighted by Crippen LogP contribution is 2.53. The Hall–Kier alpha value is -2.47. The second-order valence-electron chi connectivity index (χ2n) is 8.23. The summed E-state index contributed by atoms with van der Waals surface area (Å²) in [5.41, 5.74) is 1.82. The van der Waals surface area contributed by atoms with Crippen LogP contribution in [0.1, 0.15) is 22.0 Å². The van der Waals surface area contributed by atoms with Gasteiger partial charge in [0, 0.05) is 22.8 Å². The van der Waals surface area contributed by atoms with Crippen molar-refractivity contribution in [3.63, 3.8) is 0 Å². The van der Waals surface area contributed by atoms with E-state index in [-0.39, 0.29) is 6.04 Å². The molecule has 1 fully saturated rings. The number of hydrogen-bond acceptors (Lipinski definition) is 4. The second kappa shape index (κ2) is 10.2. The molecule has 0 aliphatic carbocycles. The van der Waals surface area contributed by atoms with Crippen LogP contribution in [0.15, 0.2) is 89.8 Å². The van der Waals surface area contributed by atoms with Crippen LogP contribution in [-0.4, -0.2) is 32.8 Å². The second-order valence-corrected chi connectivity index (χ2v) is 11.5. The number of quaternary nitrogens is 1. The molecule has 0 amide bonds. The van der Waals surface area contributed by atoms with Gasteiger partial charge in [0.2, 0.25) is 0 Å². The van der Waals surface area contributed by atoms with Crippen molar-refractivity contribution < 1.29 is 18.9 Å². The number of hydrogen-bond donors (Lipinski definition) is 2. The fourth-order valence-corrected chi connectivity index (χ4v) is 6.98. The zero-order valence-electron chi connectivity index (χ0n) is 18.4. The first kappa shape index (κ1) is 22.3. The Bertz CT molecular complexity index is 1100. The Kier molecular flexibility index (Phi) is 6.91. The van der Waals surface area contributed by atoms with Gasteiger partial charge >= 0.3 is 0 Å². The lowest BCUT2D eigenvalue weighted by Gasteiger charge is -2.32. The van der Waals surface area contributed by atoms with Crippen LogP contribution in [0.5, 0.6) is 0 Å². The van der Waals surface area contributed by atoms with Crippen LogP contribution >= 0.6 is 18.6 Å². The maximum absolute atomic E-state index is 14.2. The van der Waals surface area contributed by atoms with E-state index in [4.69, 9.17) is 9.47 Å². The van der Waals surface area contributed by atoms with E-state index in [1.165, 1.54) is 9.78 Å². The first-order chi connectivity index (χ1) is 16.2. The Labute approximate surface area is 198 Å². The number of benzene rings is 2. The van der Waals surface area contributed by atoms with Gasteiger partial charge in [-0.2, -0.15) is 0 Å². The van der Waals surface area contributed by atoms with E-state index < -0.39 is 7.29 Å². The van der Waals surface area contributed by atoms with E-state index in [9.17, 15) is 4.57 Å². The molecule has 2 N–H and O–H groups in total. The van der Waals surface area contributed by atoms with E-state index >= 15 is 0 Å². The van der Waals surface area contributed by atoms with E-state index in [1.54, 1.807) is 23.0 Å². The Morgan fingerprint density at radius 3 is 2.03 bits per heavy atom. The molecule has 1 saturated heterocycles. The molecule has 2 aliphatic heterocycles. The van der Waals surface area contributed by atoms with E-state index in [0.29, 0.717) is 18.1 Å². The smallest absolute Gasteiger partial charge is 0.198 e. The lowest BCUT2D eigenvalue weighted by Crippen LogP contribution is -3.14. The molecular weight excluding hydrogens is 451 g/mol. The summed E-state index contributed by atoms with van der Waals surface area (Å²) in [4.78, 5) is 2.77. The maximum atomic E-state index is 14.2. The van der Waals surface area contributed by atoms with Crippen LogP contribution < -0.4 is 9.99 Å². The molecule has 0 radical (unpaired) electrons. The minimum atomic E-state index is -3.00. The van der Waals surface area contributed by atoms with Gasteiger partial charge in [-0.25, -0.2) is 0 Å². The molecule has 0 spiro atoms. The highest BCUT2D eigenvalue weighted by atomic mass is 32.1. The summed E-state index contributed by atoms with van der Waals surface area (Å²) < 4.78 is 26.0. The average Bonchev–Trinajstić information content (AvgIpc) is 3.40. The summed E-state index contributed by atoms with van der Waals surface area (Å²) in [7, 11) is -3.00. The summed E-state index contributed by atoms with van der Waals surface area (Å²) in [5, 5.41) is 5.56. The molecule has 3 heterocycles. The van der Waals surface area contributed by atoms with E-state index in [0.717, 1.165) is 37.4 Å². The third-order valence-electron chi connectivity index (χ3n) is 6.01. The Morgan fingerprint density at radius 2 is 1.48 bits per heavy atom. The van der Waals surface area contributed by atoms with Crippen molar-refractivity contribution in [3.8, 4) is 0 Å². The molecule has 0 saturated carbocycles. The molecule has 1 aromatic heterocycles. The standard InChI is InChI=1S/C26H27N2O3PS/c29-32(27-18-23(26-12-7-17-33-26)28-13-15-30-16-14-28)19-24(21-8-3-1-4-9-21)31-25(20-32)22-10-5-2-6-11-22/h1-12,17,19-20,23H,13-16,18H2,(H,27,29)/p+1/t23-/m0/s1. The topological polar surface area (TPSA) is 52.0 Å². The predicted molar refractivity (Wildman–Crippen MR) is 134 cm³/mol. The van der Waals surface area contributed by atoms with E-state index in [2.05, 4.69) is 22.6 Å². The number of ether oxygens (including phenoxy) is 2. The summed E-state index contributed by atoms with van der Waals surface area (Å²) in [6.45, 7) is 4.05. The molecule has 5 nitrogen and oxygen atoms in total. The highest BCUT2D eigenvalue weighted by molar-refractivity contribution is 7.68. The number of rotatable bonds is 7. The van der Waals surface area contributed by atoms with Crippen molar-refractivity contribution in [1.29, 1.82) is 0 Å². The van der Waals surface area contributed by atoms with Crippen molar-refractivity contribution in [2.24, 2.45) is 0 Å². The van der Waals surface area contributed by atoms with Gasteiger partial charge in [-0.15, -0.1) is 11.3 Å². The third-order valence-corrected chi connectivity index (χ3v) is 8.91. The van der Waals surface area contributed by atoms with Gasteiger partial charge in [0.25, 0.3) is 0 Å². The van der Waals surface area contributed by atoms with Crippen LogP contribution in [-0.2, 0) is 14.0 Å². The molecule has 0 unspecified atom stereocenters. The summed E-state index contributed by atoms with van der Waals surface area (Å²) in [5.74, 6) is 4.79. The minimum Gasteiger partial charge on any atom is -0.456 e. The summed E-state index contributed by atoms with van der Waals surface area (Å²) >= 11 is 1.76. The molecule has 7 heteroatoms. The van der Waals surface area contributed by atoms with Crippen LogP contribution in [0.4, 0.5) is 0 Å². The first-order valence-corrected chi connectivity index (χ1v) is 14.0. The van der Waals surface area contributed by atoms with Gasteiger partial charge in [0.1, 0.15) is 30.6 Å². The molecule has 0 bridgehead atoms. The fourth-order valence-electron chi connectivity index (χ4n) is 4.27. The highest BCUT2D eigenvalue weighted by Gasteiger charge is 2.32. The van der Waals surface area contributed by atoms with Gasteiger partial charge < -0.3 is 14.4 Å². The van der Waals surface area contributed by atoms with Crippen molar-refractivity contribution >= 4 is 30.1 Å². The monoisotopic (exact) mass is 479 g/mol. The maximum Gasteiger partial charge on any atom is 0.198 e. The van der Waals surface area contributed by atoms with Crippen molar-refractivity contribution in [2.75, 3.05) is 32.8 Å². The van der Waals surface area contributed by atoms with Gasteiger partial charge in [-0.3, -0.25) is 9.65 Å². The average molecular weight is 480 g/mol. The van der Waals surface area contributed by atoms with Crippen LogP contribution in [0.3, 0.4) is 0 Å². The largest absolute Gasteiger partial charge is 0.456 e. The molecule has 2 aliphatic rings. The third kappa shape index (κ3) is 5.37. The van der Waals surface area contributed by atoms with Gasteiger partial charge in [0.15, 0.2) is 7.29 Å². The van der Waals surface area contributed by atoms with Gasteiger partial charge in [-0.1, -0.05) is 66.7 Å². The number of morpholine rings is 1. The Balaban J connectivity index is 1.45. The normalized spacial score (nSPS) is 19.3. The quantitative estimate of drug-likeness (QED) is 0.487. The molecule has 170 valence electrons. The molecule has 5 rings (SSSR count). The van der Waals surface area contributed by atoms with Crippen LogP contribution in [0.2, 0.25) is 0 Å². The molecule has 1 atom stereocenters. The lowest BCUT2D eigenvalue weighted by molar-refractivity contribution is -0.937. The first-order valence-electron chi connectivity index (χ1n) is 11.2. The molecular formula is C26H28N2O3PS+. The minimum absolute atomic E-state index is 0.227. The molecule has 3 aromatic rings. The number of nitrogens with one attached hydrogen (secondary N) is 2. The SMILES string of the molecule is O=P1(NC[C@@H](c2cccs2)[NH+]2CCOCC2)C=C(c2ccccc2)OC(c2ccccc2)=C1. The number of thiophene rings is 1. The van der Waals surface area contributed by atoms with Crippen LogP contribution in [0.25, 0.3) is 11.5 Å². The summed E-state index contributed by atoms with van der Waals surface area (Å²) in [6.07, 6.45) is 0. The summed E-state index contributed by atoms with van der Waals surface area (Å²) in [6, 6.07) is 24.2. The van der Waals surface area contributed by atoms with Crippen molar-refractivity contribution in [1.82, 2.24) is 5.09 Å². The lowest BCUT2D eigenvalue weighted by atomic mass is 10.2. The van der Waals surface area contributed by atoms with Gasteiger partial charge in [-0.05, 0) is 11.4 Å². The Morgan fingerprint density at radius 1 is 0.879 bits per heavy atom. The zero-order valence-corrected chi connectivity index (χ0v) is 20.1. The molecule has 2 aromatic carbocycles. The van der Waals surface area contributed by atoms with Crippen LogP contribution in [0, 0.1) is 0 Å². The molecule has 33 heavy (non-hydrogen) atoms. The van der Waals surface area contributed by atoms with Crippen molar-refractivity contribution in [2.45, 2.75) is 6.04 Å². The zero-order chi connectivity index (χ0) is 22.5. The van der Waals surface area contributed by atoms with Crippen molar-refractivity contribution in [3.05, 3.63) is 106 Å².